The summed E-state index contributed by atoms with van der Waals surface area (Å²) in [7, 11) is 0. The molecular formula is C13H16ClIN4. The van der Waals surface area contributed by atoms with Crippen LogP contribution in [0.4, 0.5) is 17.2 Å². The Balaban J connectivity index is 2.37. The van der Waals surface area contributed by atoms with E-state index in [0.717, 1.165) is 33.7 Å². The standard InChI is InChI=1S/C13H16ClIN4/c1-3-6-19-13(12(16)8(2)18-19)17-11-5-4-9(15)7-10(11)14/h4-5,7,17H,3,6,16H2,1-2H3. The van der Waals surface area contributed by atoms with Gasteiger partial charge in [0.25, 0.3) is 0 Å². The number of anilines is 3. The van der Waals surface area contributed by atoms with E-state index in [2.05, 4.69) is 39.9 Å². The van der Waals surface area contributed by atoms with Crippen molar-refractivity contribution < 1.29 is 0 Å². The van der Waals surface area contributed by atoms with Gasteiger partial charge in [0.15, 0.2) is 5.82 Å². The molecule has 102 valence electrons. The summed E-state index contributed by atoms with van der Waals surface area (Å²) in [5.74, 6) is 0.808. The number of hydrogen-bond acceptors (Lipinski definition) is 3. The lowest BCUT2D eigenvalue weighted by atomic mass is 10.3. The van der Waals surface area contributed by atoms with E-state index in [1.807, 2.05) is 29.8 Å². The summed E-state index contributed by atoms with van der Waals surface area (Å²) >= 11 is 8.46. The molecule has 0 bridgehead atoms. The number of aryl methyl sites for hydroxylation is 2. The van der Waals surface area contributed by atoms with Gasteiger partial charge in [-0.15, -0.1) is 0 Å². The molecule has 0 saturated heterocycles. The Labute approximate surface area is 131 Å². The van der Waals surface area contributed by atoms with E-state index in [9.17, 15) is 0 Å². The zero-order chi connectivity index (χ0) is 14.0. The first kappa shape index (κ1) is 14.5. The van der Waals surface area contributed by atoms with Gasteiger partial charge in [0.1, 0.15) is 0 Å². The van der Waals surface area contributed by atoms with Crippen LogP contribution in [0.2, 0.25) is 5.02 Å². The zero-order valence-corrected chi connectivity index (χ0v) is 13.8. The fourth-order valence-corrected chi connectivity index (χ4v) is 2.72. The molecule has 0 unspecified atom stereocenters. The Kier molecular flexibility index (Phi) is 4.57. The van der Waals surface area contributed by atoms with Crippen molar-refractivity contribution >= 4 is 51.4 Å². The van der Waals surface area contributed by atoms with E-state index < -0.39 is 0 Å². The predicted octanol–water partition coefficient (Wildman–Crippen LogP) is 4.19. The second-order valence-electron chi connectivity index (χ2n) is 4.32. The van der Waals surface area contributed by atoms with Crippen molar-refractivity contribution in [3.63, 3.8) is 0 Å². The third-order valence-corrected chi connectivity index (χ3v) is 3.78. The molecule has 0 fully saturated rings. The number of nitrogens with one attached hydrogen (secondary N) is 1. The highest BCUT2D eigenvalue weighted by molar-refractivity contribution is 14.1. The van der Waals surface area contributed by atoms with Gasteiger partial charge in [0.05, 0.1) is 22.1 Å². The van der Waals surface area contributed by atoms with Crippen LogP contribution in [0.1, 0.15) is 19.0 Å². The molecule has 0 radical (unpaired) electrons. The SMILES string of the molecule is CCCn1nc(C)c(N)c1Nc1ccc(I)cc1Cl. The van der Waals surface area contributed by atoms with Gasteiger partial charge < -0.3 is 11.1 Å². The van der Waals surface area contributed by atoms with Gasteiger partial charge in [0, 0.05) is 10.1 Å². The molecule has 2 rings (SSSR count). The van der Waals surface area contributed by atoms with Gasteiger partial charge in [-0.1, -0.05) is 18.5 Å². The molecule has 4 nitrogen and oxygen atoms in total. The highest BCUT2D eigenvalue weighted by atomic mass is 127. The van der Waals surface area contributed by atoms with Crippen molar-refractivity contribution in [2.24, 2.45) is 0 Å². The van der Waals surface area contributed by atoms with E-state index in [0.29, 0.717) is 10.7 Å². The molecule has 0 aliphatic heterocycles. The van der Waals surface area contributed by atoms with Crippen molar-refractivity contribution in [2.45, 2.75) is 26.8 Å². The van der Waals surface area contributed by atoms with E-state index in [1.165, 1.54) is 0 Å². The van der Waals surface area contributed by atoms with E-state index in [4.69, 9.17) is 17.3 Å². The number of benzene rings is 1. The first-order valence-electron chi connectivity index (χ1n) is 6.08. The largest absolute Gasteiger partial charge is 0.394 e. The second kappa shape index (κ2) is 6.00. The molecule has 0 aliphatic rings. The number of hydrogen-bond donors (Lipinski definition) is 2. The quantitative estimate of drug-likeness (QED) is 0.770. The van der Waals surface area contributed by atoms with E-state index in [1.54, 1.807) is 0 Å². The molecular weight excluding hydrogens is 375 g/mol. The van der Waals surface area contributed by atoms with E-state index >= 15 is 0 Å². The molecule has 19 heavy (non-hydrogen) atoms. The summed E-state index contributed by atoms with van der Waals surface area (Å²) in [6, 6.07) is 5.86. The first-order chi connectivity index (χ1) is 9.02. The monoisotopic (exact) mass is 390 g/mol. The molecule has 6 heteroatoms. The van der Waals surface area contributed by atoms with Crippen molar-refractivity contribution in [2.75, 3.05) is 11.1 Å². The molecule has 0 spiro atoms. The van der Waals surface area contributed by atoms with Gasteiger partial charge in [-0.2, -0.15) is 5.10 Å². The molecule has 1 heterocycles. The van der Waals surface area contributed by atoms with Crippen LogP contribution in [-0.2, 0) is 6.54 Å². The lowest BCUT2D eigenvalue weighted by Crippen LogP contribution is -2.06. The Morgan fingerprint density at radius 2 is 2.21 bits per heavy atom. The Hall–Kier alpha value is -0.950. The van der Waals surface area contributed by atoms with E-state index in [-0.39, 0.29) is 0 Å². The van der Waals surface area contributed by atoms with Crippen LogP contribution in [0.15, 0.2) is 18.2 Å². The van der Waals surface area contributed by atoms with Crippen LogP contribution in [0.25, 0.3) is 0 Å². The predicted molar refractivity (Wildman–Crippen MR) is 89.1 cm³/mol. The maximum atomic E-state index is 6.23. The normalized spacial score (nSPS) is 10.7. The second-order valence-corrected chi connectivity index (χ2v) is 5.97. The number of halogens is 2. The summed E-state index contributed by atoms with van der Waals surface area (Å²) in [6.07, 6.45) is 0.996. The third kappa shape index (κ3) is 3.14. The summed E-state index contributed by atoms with van der Waals surface area (Å²) in [5.41, 5.74) is 8.41. The Morgan fingerprint density at radius 3 is 2.84 bits per heavy atom. The fraction of sp³-hybridized carbons (Fsp3) is 0.308. The minimum absolute atomic E-state index is 0.670. The summed E-state index contributed by atoms with van der Waals surface area (Å²) in [5, 5.41) is 8.38. The van der Waals surface area contributed by atoms with Crippen LogP contribution in [0.5, 0.6) is 0 Å². The van der Waals surface area contributed by atoms with Crippen LogP contribution >= 0.6 is 34.2 Å². The number of rotatable bonds is 4. The Morgan fingerprint density at radius 1 is 1.47 bits per heavy atom. The molecule has 1 aromatic carbocycles. The minimum Gasteiger partial charge on any atom is -0.394 e. The van der Waals surface area contributed by atoms with Crippen molar-refractivity contribution in [1.29, 1.82) is 0 Å². The number of aromatic nitrogens is 2. The molecule has 3 N–H and O–H groups in total. The minimum atomic E-state index is 0.670. The average Bonchev–Trinajstić information content (AvgIpc) is 2.61. The zero-order valence-electron chi connectivity index (χ0n) is 10.9. The van der Waals surface area contributed by atoms with Crippen molar-refractivity contribution in [3.8, 4) is 0 Å². The highest BCUT2D eigenvalue weighted by Crippen LogP contribution is 2.31. The molecule has 2 aromatic rings. The Bertz CT molecular complexity index is 595. The highest BCUT2D eigenvalue weighted by Gasteiger charge is 2.13. The van der Waals surface area contributed by atoms with Crippen LogP contribution < -0.4 is 11.1 Å². The van der Waals surface area contributed by atoms with Crippen LogP contribution in [-0.4, -0.2) is 9.78 Å². The average molecular weight is 391 g/mol. The summed E-state index contributed by atoms with van der Waals surface area (Å²) in [4.78, 5) is 0. The van der Waals surface area contributed by atoms with Gasteiger partial charge >= 0.3 is 0 Å². The fourth-order valence-electron chi connectivity index (χ4n) is 1.82. The number of nitrogens with two attached hydrogens (primary N) is 1. The van der Waals surface area contributed by atoms with Gasteiger partial charge in [-0.25, -0.2) is 4.68 Å². The smallest absolute Gasteiger partial charge is 0.152 e. The van der Waals surface area contributed by atoms with Gasteiger partial charge in [-0.05, 0) is 54.1 Å². The topological polar surface area (TPSA) is 55.9 Å². The summed E-state index contributed by atoms with van der Waals surface area (Å²) < 4.78 is 2.98. The van der Waals surface area contributed by atoms with Gasteiger partial charge in [-0.3, -0.25) is 0 Å². The molecule has 0 aliphatic carbocycles. The molecule has 0 saturated carbocycles. The lowest BCUT2D eigenvalue weighted by Gasteiger charge is -2.11. The van der Waals surface area contributed by atoms with Crippen LogP contribution in [0, 0.1) is 10.5 Å². The number of nitrogen functional groups attached to an aromatic ring is 1. The summed E-state index contributed by atoms with van der Waals surface area (Å²) in [6.45, 7) is 4.83. The van der Waals surface area contributed by atoms with Crippen molar-refractivity contribution in [3.05, 3.63) is 32.5 Å². The molecule has 0 amide bonds. The third-order valence-electron chi connectivity index (χ3n) is 2.79. The number of nitrogens with zero attached hydrogens (tertiary/aromatic N) is 2. The first-order valence-corrected chi connectivity index (χ1v) is 7.53. The maximum Gasteiger partial charge on any atom is 0.152 e. The van der Waals surface area contributed by atoms with Crippen LogP contribution in [0.3, 0.4) is 0 Å². The maximum absolute atomic E-state index is 6.23. The molecule has 0 atom stereocenters. The van der Waals surface area contributed by atoms with Crippen molar-refractivity contribution in [1.82, 2.24) is 9.78 Å². The van der Waals surface area contributed by atoms with Gasteiger partial charge in [0.2, 0.25) is 0 Å². The lowest BCUT2D eigenvalue weighted by molar-refractivity contribution is 0.605. The molecule has 1 aromatic heterocycles.